The predicted octanol–water partition coefficient (Wildman–Crippen LogP) is 3.10. The molecule has 5 heteroatoms. The van der Waals surface area contributed by atoms with E-state index in [-0.39, 0.29) is 0 Å². The molecule has 4 rings (SSSR count). The number of piperidine rings is 1. The van der Waals surface area contributed by atoms with Crippen LogP contribution < -0.4 is 10.6 Å². The van der Waals surface area contributed by atoms with Gasteiger partial charge in [0, 0.05) is 42.1 Å². The van der Waals surface area contributed by atoms with Crippen LogP contribution >= 0.6 is 0 Å². The Hall–Kier alpha value is -2.40. The highest BCUT2D eigenvalue weighted by Crippen LogP contribution is 2.33. The van der Waals surface area contributed by atoms with Crippen LogP contribution in [0, 0.1) is 6.92 Å². The highest BCUT2D eigenvalue weighted by atomic mass is 15.0. The standard InChI is InChI=1S/C18H21N5/c1-12-4-5-16(21-9-12)15-11-22-18-14(6-8-20-18)17(15)23-13-3-2-7-19-10-13/h4-6,8-9,11,13,19H,2-3,7,10H2,1H3,(H2,20,22,23)/t13-/m1/s1. The average Bonchev–Trinajstić information content (AvgIpc) is 3.06. The second kappa shape index (κ2) is 6.01. The lowest BCUT2D eigenvalue weighted by atomic mass is 10.0. The van der Waals surface area contributed by atoms with Gasteiger partial charge in [0.25, 0.3) is 0 Å². The molecular formula is C18H21N5. The lowest BCUT2D eigenvalue weighted by Gasteiger charge is -2.26. The Morgan fingerprint density at radius 1 is 1.17 bits per heavy atom. The molecular weight excluding hydrogens is 286 g/mol. The number of rotatable bonds is 3. The van der Waals surface area contributed by atoms with Crippen LogP contribution in [0.2, 0.25) is 0 Å². The Labute approximate surface area is 135 Å². The largest absolute Gasteiger partial charge is 0.380 e. The average molecular weight is 307 g/mol. The number of hydrogen-bond donors (Lipinski definition) is 3. The number of anilines is 1. The van der Waals surface area contributed by atoms with Crippen molar-refractivity contribution in [2.45, 2.75) is 25.8 Å². The summed E-state index contributed by atoms with van der Waals surface area (Å²) in [6, 6.07) is 6.68. The van der Waals surface area contributed by atoms with E-state index in [1.54, 1.807) is 0 Å². The van der Waals surface area contributed by atoms with Crippen molar-refractivity contribution < 1.29 is 0 Å². The number of H-pyrrole nitrogens is 1. The SMILES string of the molecule is Cc1ccc(-c2cnc3[nH]ccc3c2N[C@@H]2CCCNC2)nc1. The Kier molecular flexibility index (Phi) is 3.71. The molecule has 0 aliphatic carbocycles. The van der Waals surface area contributed by atoms with Crippen molar-refractivity contribution >= 4 is 16.7 Å². The molecule has 1 fully saturated rings. The Morgan fingerprint density at radius 2 is 2.13 bits per heavy atom. The maximum Gasteiger partial charge on any atom is 0.139 e. The predicted molar refractivity (Wildman–Crippen MR) is 93.6 cm³/mol. The zero-order chi connectivity index (χ0) is 15.6. The van der Waals surface area contributed by atoms with Crippen LogP contribution in [0.15, 0.2) is 36.8 Å². The van der Waals surface area contributed by atoms with Crippen molar-refractivity contribution in [1.29, 1.82) is 0 Å². The van der Waals surface area contributed by atoms with Crippen molar-refractivity contribution in [1.82, 2.24) is 20.3 Å². The minimum absolute atomic E-state index is 0.438. The molecule has 0 unspecified atom stereocenters. The monoisotopic (exact) mass is 307 g/mol. The third-order valence-corrected chi connectivity index (χ3v) is 4.42. The first-order valence-corrected chi connectivity index (χ1v) is 8.17. The van der Waals surface area contributed by atoms with Gasteiger partial charge in [-0.05, 0) is 44.0 Å². The second-order valence-electron chi connectivity index (χ2n) is 6.20. The van der Waals surface area contributed by atoms with Crippen LogP contribution in [0.25, 0.3) is 22.3 Å². The number of pyridine rings is 2. The Morgan fingerprint density at radius 3 is 2.91 bits per heavy atom. The zero-order valence-corrected chi connectivity index (χ0v) is 13.3. The summed E-state index contributed by atoms with van der Waals surface area (Å²) in [6.45, 7) is 4.16. The summed E-state index contributed by atoms with van der Waals surface area (Å²) in [6.07, 6.45) is 8.14. The van der Waals surface area contributed by atoms with Gasteiger partial charge in [0.05, 0.1) is 11.4 Å². The van der Waals surface area contributed by atoms with Crippen molar-refractivity contribution in [2.75, 3.05) is 18.4 Å². The molecule has 3 aromatic rings. The fourth-order valence-corrected chi connectivity index (χ4v) is 3.16. The third-order valence-electron chi connectivity index (χ3n) is 4.42. The van der Waals surface area contributed by atoms with Crippen molar-refractivity contribution in [2.24, 2.45) is 0 Å². The molecule has 1 aliphatic heterocycles. The van der Waals surface area contributed by atoms with Gasteiger partial charge in [0.2, 0.25) is 0 Å². The van der Waals surface area contributed by atoms with Gasteiger partial charge in [-0.25, -0.2) is 4.98 Å². The number of aromatic nitrogens is 3. The minimum Gasteiger partial charge on any atom is -0.380 e. The van der Waals surface area contributed by atoms with Crippen LogP contribution in [0.4, 0.5) is 5.69 Å². The molecule has 1 atom stereocenters. The maximum atomic E-state index is 4.59. The summed E-state index contributed by atoms with van der Waals surface area (Å²) < 4.78 is 0. The van der Waals surface area contributed by atoms with Gasteiger partial charge in [-0.15, -0.1) is 0 Å². The molecule has 0 bridgehead atoms. The molecule has 1 saturated heterocycles. The number of hydrogen-bond acceptors (Lipinski definition) is 4. The number of nitrogens with one attached hydrogen (secondary N) is 3. The highest BCUT2D eigenvalue weighted by Gasteiger charge is 2.18. The van der Waals surface area contributed by atoms with Crippen molar-refractivity contribution in [3.05, 3.63) is 42.4 Å². The Bertz CT molecular complexity index is 800. The summed E-state index contributed by atoms with van der Waals surface area (Å²) in [5.74, 6) is 0. The summed E-state index contributed by atoms with van der Waals surface area (Å²) in [5, 5.41) is 8.31. The van der Waals surface area contributed by atoms with E-state index in [0.717, 1.165) is 46.6 Å². The van der Waals surface area contributed by atoms with Gasteiger partial charge in [-0.3, -0.25) is 4.98 Å². The maximum absolute atomic E-state index is 4.59. The zero-order valence-electron chi connectivity index (χ0n) is 13.3. The molecule has 4 heterocycles. The molecule has 0 amide bonds. The van der Waals surface area contributed by atoms with E-state index in [9.17, 15) is 0 Å². The lowest BCUT2D eigenvalue weighted by molar-refractivity contribution is 0.480. The van der Waals surface area contributed by atoms with Crippen molar-refractivity contribution in [3.63, 3.8) is 0 Å². The Balaban J connectivity index is 1.79. The van der Waals surface area contributed by atoms with E-state index in [1.807, 2.05) is 18.6 Å². The van der Waals surface area contributed by atoms with Crippen molar-refractivity contribution in [3.8, 4) is 11.3 Å². The molecule has 0 aromatic carbocycles. The quantitative estimate of drug-likeness (QED) is 0.695. The summed E-state index contributed by atoms with van der Waals surface area (Å²) >= 11 is 0. The number of aryl methyl sites for hydroxylation is 1. The van der Waals surface area contributed by atoms with Gasteiger partial charge < -0.3 is 15.6 Å². The van der Waals surface area contributed by atoms with Crippen LogP contribution in [0.5, 0.6) is 0 Å². The molecule has 0 radical (unpaired) electrons. The second-order valence-corrected chi connectivity index (χ2v) is 6.20. The first-order chi connectivity index (χ1) is 11.3. The normalized spacial score (nSPS) is 18.2. The molecule has 1 aliphatic rings. The van der Waals surface area contributed by atoms with Gasteiger partial charge in [-0.2, -0.15) is 0 Å². The van der Waals surface area contributed by atoms with E-state index in [1.165, 1.54) is 12.8 Å². The minimum atomic E-state index is 0.438. The third kappa shape index (κ3) is 2.80. The number of nitrogens with zero attached hydrogens (tertiary/aromatic N) is 2. The summed E-state index contributed by atoms with van der Waals surface area (Å²) in [5.41, 5.74) is 5.21. The highest BCUT2D eigenvalue weighted by molar-refractivity contribution is 5.97. The lowest BCUT2D eigenvalue weighted by Crippen LogP contribution is -2.38. The molecule has 0 saturated carbocycles. The van der Waals surface area contributed by atoms with E-state index in [4.69, 9.17) is 0 Å². The van der Waals surface area contributed by atoms with Gasteiger partial charge in [0.1, 0.15) is 5.65 Å². The van der Waals surface area contributed by atoms with E-state index in [2.05, 4.69) is 50.7 Å². The molecule has 3 N–H and O–H groups in total. The molecule has 3 aromatic heterocycles. The number of fused-ring (bicyclic) bond motifs is 1. The van der Waals surface area contributed by atoms with Crippen LogP contribution in [-0.2, 0) is 0 Å². The first kappa shape index (κ1) is 14.2. The van der Waals surface area contributed by atoms with Crippen LogP contribution in [0.1, 0.15) is 18.4 Å². The van der Waals surface area contributed by atoms with Gasteiger partial charge in [0.15, 0.2) is 0 Å². The molecule has 0 spiro atoms. The topological polar surface area (TPSA) is 65.6 Å². The van der Waals surface area contributed by atoms with Crippen LogP contribution in [-0.4, -0.2) is 34.1 Å². The van der Waals surface area contributed by atoms with E-state index in [0.29, 0.717) is 6.04 Å². The fraction of sp³-hybridized carbons (Fsp3) is 0.333. The smallest absolute Gasteiger partial charge is 0.139 e. The van der Waals surface area contributed by atoms with E-state index >= 15 is 0 Å². The molecule has 5 nitrogen and oxygen atoms in total. The number of aromatic amines is 1. The molecule has 23 heavy (non-hydrogen) atoms. The van der Waals surface area contributed by atoms with Gasteiger partial charge >= 0.3 is 0 Å². The van der Waals surface area contributed by atoms with Crippen LogP contribution in [0.3, 0.4) is 0 Å². The van der Waals surface area contributed by atoms with E-state index < -0.39 is 0 Å². The fourth-order valence-electron chi connectivity index (χ4n) is 3.16. The van der Waals surface area contributed by atoms with Gasteiger partial charge in [-0.1, -0.05) is 6.07 Å². The first-order valence-electron chi connectivity index (χ1n) is 8.17. The summed E-state index contributed by atoms with van der Waals surface area (Å²) in [7, 11) is 0. The summed E-state index contributed by atoms with van der Waals surface area (Å²) in [4.78, 5) is 12.3. The molecule has 118 valence electrons.